The molecule has 1 N–H and O–H groups in total. The van der Waals surface area contributed by atoms with Crippen LogP contribution in [-0.2, 0) is 9.53 Å². The first-order chi connectivity index (χ1) is 11.2. The normalized spacial score (nSPS) is 20.2. The number of carbonyl (C=O) groups is 1. The molecular weight excluding hydrogens is 310 g/mol. The number of ether oxygens (including phenoxy) is 1. The van der Waals surface area contributed by atoms with E-state index in [0.717, 1.165) is 31.9 Å². The lowest BCUT2D eigenvalue weighted by Crippen LogP contribution is -2.48. The first kappa shape index (κ1) is 17.8. The molecule has 1 aliphatic heterocycles. The fraction of sp³-hybridized carbons (Fsp3) is 0.647. The number of likely N-dealkylation sites (tertiary alicyclic amines) is 1. The summed E-state index contributed by atoms with van der Waals surface area (Å²) >= 11 is 1.78. The van der Waals surface area contributed by atoms with Crippen molar-refractivity contribution in [2.24, 2.45) is 10.9 Å². The largest absolute Gasteiger partial charge is 0.466 e. The van der Waals surface area contributed by atoms with Gasteiger partial charge in [-0.15, -0.1) is 11.3 Å². The Balaban J connectivity index is 1.88. The summed E-state index contributed by atoms with van der Waals surface area (Å²) in [5.74, 6) is 1.19. The number of rotatable bonds is 5. The first-order valence-corrected chi connectivity index (χ1v) is 9.19. The SMILES string of the molecule is CCOC(=O)C1CCCN(C(=NC)NCC(C)c2cccs2)C1. The Morgan fingerprint density at radius 1 is 1.61 bits per heavy atom. The van der Waals surface area contributed by atoms with E-state index in [4.69, 9.17) is 4.74 Å². The van der Waals surface area contributed by atoms with Crippen LogP contribution < -0.4 is 5.32 Å². The standard InChI is InChI=1S/C17H27N3O2S/c1-4-22-16(21)14-7-5-9-20(12-14)17(18-3)19-11-13(2)15-8-6-10-23-15/h6,8,10,13-14H,4-5,7,9,11-12H2,1-3H3,(H,18,19). The number of thiophene rings is 1. The second-order valence-corrected chi connectivity index (χ2v) is 6.86. The molecule has 1 aliphatic rings. The topological polar surface area (TPSA) is 53.9 Å². The van der Waals surface area contributed by atoms with E-state index < -0.39 is 0 Å². The zero-order chi connectivity index (χ0) is 16.7. The van der Waals surface area contributed by atoms with Gasteiger partial charge < -0.3 is 15.0 Å². The summed E-state index contributed by atoms with van der Waals surface area (Å²) in [6, 6.07) is 4.25. The highest BCUT2D eigenvalue weighted by Gasteiger charge is 2.28. The van der Waals surface area contributed by atoms with Crippen LogP contribution in [0.3, 0.4) is 0 Å². The Labute approximate surface area is 142 Å². The lowest BCUT2D eigenvalue weighted by Gasteiger charge is -2.34. The van der Waals surface area contributed by atoms with Crippen LogP contribution in [0, 0.1) is 5.92 Å². The van der Waals surface area contributed by atoms with Crippen molar-refractivity contribution >= 4 is 23.3 Å². The van der Waals surface area contributed by atoms with Gasteiger partial charge in [-0.25, -0.2) is 0 Å². The van der Waals surface area contributed by atoms with Gasteiger partial charge >= 0.3 is 5.97 Å². The summed E-state index contributed by atoms with van der Waals surface area (Å²) in [4.78, 5) is 19.9. The molecular formula is C17H27N3O2S. The fourth-order valence-corrected chi connectivity index (χ4v) is 3.66. The summed E-state index contributed by atoms with van der Waals surface area (Å²) in [5, 5.41) is 5.56. The Kier molecular flexibility index (Phi) is 6.89. The third-order valence-electron chi connectivity index (χ3n) is 4.15. The van der Waals surface area contributed by atoms with E-state index in [-0.39, 0.29) is 11.9 Å². The average molecular weight is 337 g/mol. The number of aliphatic imine (C=N–C) groups is 1. The molecule has 1 aromatic heterocycles. The minimum absolute atomic E-state index is 0.0445. The van der Waals surface area contributed by atoms with Gasteiger partial charge in [0.2, 0.25) is 0 Å². The van der Waals surface area contributed by atoms with Crippen molar-refractivity contribution in [1.29, 1.82) is 0 Å². The van der Waals surface area contributed by atoms with Gasteiger partial charge in [-0.05, 0) is 31.2 Å². The smallest absolute Gasteiger partial charge is 0.310 e. The van der Waals surface area contributed by atoms with Crippen LogP contribution in [0.25, 0.3) is 0 Å². The van der Waals surface area contributed by atoms with E-state index in [9.17, 15) is 4.79 Å². The van der Waals surface area contributed by atoms with Crippen molar-refractivity contribution in [3.05, 3.63) is 22.4 Å². The number of guanidine groups is 1. The van der Waals surface area contributed by atoms with Gasteiger partial charge in [0.1, 0.15) is 0 Å². The number of nitrogens with zero attached hydrogens (tertiary/aromatic N) is 2. The summed E-state index contributed by atoms with van der Waals surface area (Å²) in [6.07, 6.45) is 1.89. The van der Waals surface area contributed by atoms with Crippen LogP contribution in [0.15, 0.2) is 22.5 Å². The monoisotopic (exact) mass is 337 g/mol. The molecule has 0 aromatic carbocycles. The van der Waals surface area contributed by atoms with Crippen LogP contribution in [0.1, 0.15) is 37.5 Å². The van der Waals surface area contributed by atoms with E-state index in [1.165, 1.54) is 4.88 Å². The minimum Gasteiger partial charge on any atom is -0.466 e. The third kappa shape index (κ3) is 4.96. The zero-order valence-electron chi connectivity index (χ0n) is 14.2. The molecule has 2 rings (SSSR count). The minimum atomic E-state index is -0.0837. The molecule has 0 radical (unpaired) electrons. The molecule has 5 nitrogen and oxygen atoms in total. The zero-order valence-corrected chi connectivity index (χ0v) is 15.1. The molecule has 2 heterocycles. The van der Waals surface area contributed by atoms with Crippen molar-refractivity contribution in [3.8, 4) is 0 Å². The number of piperidine rings is 1. The highest BCUT2D eigenvalue weighted by molar-refractivity contribution is 7.10. The maximum Gasteiger partial charge on any atom is 0.310 e. The molecule has 2 atom stereocenters. The number of hydrogen-bond acceptors (Lipinski definition) is 4. The maximum atomic E-state index is 12.0. The third-order valence-corrected chi connectivity index (χ3v) is 5.25. The van der Waals surface area contributed by atoms with Crippen molar-refractivity contribution in [2.45, 2.75) is 32.6 Å². The van der Waals surface area contributed by atoms with Crippen molar-refractivity contribution in [3.63, 3.8) is 0 Å². The number of carbonyl (C=O) groups excluding carboxylic acids is 1. The fourth-order valence-electron chi connectivity index (χ4n) is 2.87. The molecule has 1 aromatic rings. The van der Waals surface area contributed by atoms with Gasteiger partial charge in [0.15, 0.2) is 5.96 Å². The van der Waals surface area contributed by atoms with E-state index in [0.29, 0.717) is 19.1 Å². The second kappa shape index (κ2) is 8.91. The van der Waals surface area contributed by atoms with Crippen LogP contribution in [0.5, 0.6) is 0 Å². The first-order valence-electron chi connectivity index (χ1n) is 8.31. The van der Waals surface area contributed by atoms with Gasteiger partial charge in [0, 0.05) is 37.5 Å². The molecule has 6 heteroatoms. The van der Waals surface area contributed by atoms with Gasteiger partial charge in [-0.1, -0.05) is 13.0 Å². The summed E-state index contributed by atoms with van der Waals surface area (Å²) in [5.41, 5.74) is 0. The molecule has 0 spiro atoms. The molecule has 0 bridgehead atoms. The lowest BCUT2D eigenvalue weighted by molar-refractivity contribution is -0.149. The number of hydrogen-bond donors (Lipinski definition) is 1. The number of nitrogens with one attached hydrogen (secondary N) is 1. The van der Waals surface area contributed by atoms with E-state index in [1.807, 2.05) is 6.92 Å². The summed E-state index contributed by atoms with van der Waals surface area (Å²) in [6.45, 7) is 6.97. The Morgan fingerprint density at radius 3 is 3.09 bits per heavy atom. The molecule has 0 aliphatic carbocycles. The molecule has 1 fully saturated rings. The molecule has 0 saturated carbocycles. The van der Waals surface area contributed by atoms with Crippen LogP contribution in [0.4, 0.5) is 0 Å². The van der Waals surface area contributed by atoms with E-state index in [1.54, 1.807) is 18.4 Å². The lowest BCUT2D eigenvalue weighted by atomic mass is 9.98. The Morgan fingerprint density at radius 2 is 2.43 bits per heavy atom. The number of esters is 1. The van der Waals surface area contributed by atoms with Crippen LogP contribution >= 0.6 is 11.3 Å². The Bertz CT molecular complexity index is 516. The second-order valence-electron chi connectivity index (χ2n) is 5.88. The molecule has 128 valence electrons. The molecule has 23 heavy (non-hydrogen) atoms. The maximum absolute atomic E-state index is 12.0. The molecule has 0 amide bonds. The summed E-state index contributed by atoms with van der Waals surface area (Å²) < 4.78 is 5.17. The van der Waals surface area contributed by atoms with Gasteiger partial charge in [0.25, 0.3) is 0 Å². The Hall–Kier alpha value is -1.56. The molecule has 2 unspecified atom stereocenters. The highest BCUT2D eigenvalue weighted by atomic mass is 32.1. The predicted molar refractivity (Wildman–Crippen MR) is 95.0 cm³/mol. The van der Waals surface area contributed by atoms with Crippen molar-refractivity contribution in [1.82, 2.24) is 10.2 Å². The van der Waals surface area contributed by atoms with E-state index >= 15 is 0 Å². The van der Waals surface area contributed by atoms with E-state index in [2.05, 4.69) is 39.6 Å². The van der Waals surface area contributed by atoms with Crippen LogP contribution in [0.2, 0.25) is 0 Å². The van der Waals surface area contributed by atoms with Crippen molar-refractivity contribution < 1.29 is 9.53 Å². The predicted octanol–water partition coefficient (Wildman–Crippen LogP) is 2.70. The van der Waals surface area contributed by atoms with Gasteiger partial charge in [0.05, 0.1) is 12.5 Å². The van der Waals surface area contributed by atoms with Gasteiger partial charge in [-0.2, -0.15) is 0 Å². The van der Waals surface area contributed by atoms with Crippen molar-refractivity contribution in [2.75, 3.05) is 33.3 Å². The van der Waals surface area contributed by atoms with Crippen LogP contribution in [-0.4, -0.2) is 50.1 Å². The highest BCUT2D eigenvalue weighted by Crippen LogP contribution is 2.21. The van der Waals surface area contributed by atoms with Gasteiger partial charge in [-0.3, -0.25) is 9.79 Å². The average Bonchev–Trinajstić information content (AvgIpc) is 3.10. The molecule has 1 saturated heterocycles. The quantitative estimate of drug-likeness (QED) is 0.510. The summed E-state index contributed by atoms with van der Waals surface area (Å²) in [7, 11) is 1.80.